The summed E-state index contributed by atoms with van der Waals surface area (Å²) in [6.07, 6.45) is 5.15. The smallest absolute Gasteiger partial charge is 0.251 e. The summed E-state index contributed by atoms with van der Waals surface area (Å²) < 4.78 is 29.8. The number of nitrogens with zero attached hydrogens (tertiary/aromatic N) is 3. The molecule has 0 atom stereocenters. The number of rotatable bonds is 8. The number of amides is 1. The second-order valence-electron chi connectivity index (χ2n) is 6.92. The van der Waals surface area contributed by atoms with Crippen molar-refractivity contribution in [3.63, 3.8) is 0 Å². The van der Waals surface area contributed by atoms with E-state index in [9.17, 15) is 18.4 Å². The van der Waals surface area contributed by atoms with Crippen LogP contribution >= 0.6 is 11.3 Å². The zero-order valence-electron chi connectivity index (χ0n) is 17.1. The maximum atomic E-state index is 14.0. The highest BCUT2D eigenvalue weighted by Crippen LogP contribution is 2.31. The zero-order valence-corrected chi connectivity index (χ0v) is 17.9. The molecule has 0 unspecified atom stereocenters. The number of carbonyl (C=O) groups is 2. The first kappa shape index (κ1) is 22.1. The topological polar surface area (TPSA) is 115 Å². The average Bonchev–Trinajstić information content (AvgIpc) is 3.43. The molecule has 0 aliphatic rings. The first-order chi connectivity index (χ1) is 15.9. The van der Waals surface area contributed by atoms with Crippen molar-refractivity contribution in [3.05, 3.63) is 88.8 Å². The van der Waals surface area contributed by atoms with Crippen molar-refractivity contribution in [2.45, 2.75) is 6.54 Å². The van der Waals surface area contributed by atoms with Crippen LogP contribution in [-0.4, -0.2) is 32.8 Å². The summed E-state index contributed by atoms with van der Waals surface area (Å²) in [5.41, 5.74) is 6.20. The van der Waals surface area contributed by atoms with E-state index in [4.69, 9.17) is 5.73 Å². The van der Waals surface area contributed by atoms with Crippen LogP contribution in [0.2, 0.25) is 0 Å². The number of imidazole rings is 1. The van der Waals surface area contributed by atoms with Crippen LogP contribution in [0.1, 0.15) is 25.6 Å². The van der Waals surface area contributed by atoms with Gasteiger partial charge in [-0.25, -0.2) is 18.7 Å². The lowest BCUT2D eigenvalue weighted by molar-refractivity contribution is 0.0951. The minimum Gasteiger partial charge on any atom is -0.382 e. The second kappa shape index (κ2) is 9.57. The Balaban J connectivity index is 1.40. The Kier molecular flexibility index (Phi) is 6.41. The number of halogens is 2. The van der Waals surface area contributed by atoms with Crippen molar-refractivity contribution in [1.29, 1.82) is 0 Å². The molecule has 0 saturated carbocycles. The van der Waals surface area contributed by atoms with E-state index in [1.807, 2.05) is 10.8 Å². The summed E-state index contributed by atoms with van der Waals surface area (Å²) in [5.74, 6) is -3.18. The van der Waals surface area contributed by atoms with Crippen LogP contribution in [0.25, 0.3) is 0 Å². The van der Waals surface area contributed by atoms with Gasteiger partial charge < -0.3 is 20.9 Å². The number of ketones is 1. The maximum absolute atomic E-state index is 14.0. The number of nitrogens with two attached hydrogens (primary N) is 1. The number of benzene rings is 2. The quantitative estimate of drug-likeness (QED) is 0.341. The van der Waals surface area contributed by atoms with Gasteiger partial charge in [-0.2, -0.15) is 0 Å². The van der Waals surface area contributed by atoms with E-state index in [-0.39, 0.29) is 21.7 Å². The summed E-state index contributed by atoms with van der Waals surface area (Å²) in [6, 6.07) is 9.78. The molecule has 0 fully saturated rings. The van der Waals surface area contributed by atoms with Gasteiger partial charge in [0.15, 0.2) is 5.13 Å². The molecule has 11 heteroatoms. The number of thiazole rings is 1. The molecule has 0 aliphatic carbocycles. The normalized spacial score (nSPS) is 10.7. The van der Waals surface area contributed by atoms with Gasteiger partial charge in [0.1, 0.15) is 22.3 Å². The molecule has 4 rings (SSSR count). The number of nitrogens with one attached hydrogen (secondary N) is 2. The van der Waals surface area contributed by atoms with E-state index in [1.54, 1.807) is 36.8 Å². The Morgan fingerprint density at radius 3 is 2.48 bits per heavy atom. The lowest BCUT2D eigenvalue weighted by atomic mass is 10.1. The van der Waals surface area contributed by atoms with Gasteiger partial charge >= 0.3 is 0 Å². The molecule has 0 bridgehead atoms. The van der Waals surface area contributed by atoms with Crippen LogP contribution in [0, 0.1) is 11.6 Å². The SMILES string of the molecule is Nc1nc(Nc2ccc(C(=O)NCCn3ccnc3)cc2)sc1C(=O)c1c(F)cccc1F. The van der Waals surface area contributed by atoms with Gasteiger partial charge in [-0.15, -0.1) is 0 Å². The van der Waals surface area contributed by atoms with Crippen molar-refractivity contribution in [3.8, 4) is 0 Å². The van der Waals surface area contributed by atoms with E-state index in [1.165, 1.54) is 6.07 Å². The molecule has 0 radical (unpaired) electrons. The number of hydrogen-bond acceptors (Lipinski definition) is 7. The first-order valence-corrected chi connectivity index (χ1v) is 10.6. The Bertz CT molecular complexity index is 1270. The van der Waals surface area contributed by atoms with Crippen LogP contribution in [0.4, 0.5) is 25.4 Å². The molecule has 1 amide bonds. The molecule has 8 nitrogen and oxygen atoms in total. The monoisotopic (exact) mass is 468 g/mol. The summed E-state index contributed by atoms with van der Waals surface area (Å²) in [4.78, 5) is 32.8. The van der Waals surface area contributed by atoms with Gasteiger partial charge in [0.25, 0.3) is 5.91 Å². The first-order valence-electron chi connectivity index (χ1n) is 9.78. The Labute approximate surface area is 191 Å². The van der Waals surface area contributed by atoms with E-state index in [2.05, 4.69) is 20.6 Å². The van der Waals surface area contributed by atoms with Crippen molar-refractivity contribution >= 4 is 39.7 Å². The molecule has 4 aromatic rings. The fourth-order valence-corrected chi connectivity index (χ4v) is 3.88. The Morgan fingerprint density at radius 1 is 1.09 bits per heavy atom. The van der Waals surface area contributed by atoms with Gasteiger partial charge in [-0.05, 0) is 36.4 Å². The standard InChI is InChI=1S/C22H18F2N6O2S/c23-15-2-1-3-16(24)17(15)18(31)19-20(25)29-22(33-19)28-14-6-4-13(5-7-14)21(32)27-9-11-30-10-8-26-12-30/h1-8,10,12H,9,11,25H2,(H,27,32)(H,28,29). The molecule has 0 aliphatic heterocycles. The molecular formula is C22H18F2N6O2S. The fourth-order valence-electron chi connectivity index (χ4n) is 3.02. The predicted molar refractivity (Wildman–Crippen MR) is 121 cm³/mol. The van der Waals surface area contributed by atoms with Gasteiger partial charge in [0.2, 0.25) is 5.78 Å². The highest BCUT2D eigenvalue weighted by atomic mass is 32.1. The third-order valence-electron chi connectivity index (χ3n) is 4.66. The average molecular weight is 468 g/mol. The third-order valence-corrected chi connectivity index (χ3v) is 5.65. The number of anilines is 3. The minimum atomic E-state index is -0.971. The van der Waals surface area contributed by atoms with Crippen molar-refractivity contribution in [2.24, 2.45) is 0 Å². The molecular weight excluding hydrogens is 450 g/mol. The molecule has 168 valence electrons. The van der Waals surface area contributed by atoms with Crippen molar-refractivity contribution < 1.29 is 18.4 Å². The number of hydrogen-bond donors (Lipinski definition) is 3. The van der Waals surface area contributed by atoms with E-state index in [0.29, 0.717) is 24.3 Å². The summed E-state index contributed by atoms with van der Waals surface area (Å²) >= 11 is 0.878. The van der Waals surface area contributed by atoms with Crippen LogP contribution in [0.3, 0.4) is 0 Å². The minimum absolute atomic E-state index is 0.0737. The number of carbonyl (C=O) groups excluding carboxylic acids is 2. The van der Waals surface area contributed by atoms with Crippen LogP contribution in [0.5, 0.6) is 0 Å². The van der Waals surface area contributed by atoms with Gasteiger partial charge in [-0.3, -0.25) is 9.59 Å². The molecule has 2 aromatic carbocycles. The number of nitrogen functional groups attached to an aromatic ring is 1. The molecule has 0 spiro atoms. The van der Waals surface area contributed by atoms with Crippen molar-refractivity contribution in [1.82, 2.24) is 19.9 Å². The Morgan fingerprint density at radius 2 is 1.82 bits per heavy atom. The zero-order chi connectivity index (χ0) is 23.4. The number of aromatic nitrogens is 3. The summed E-state index contributed by atoms with van der Waals surface area (Å²) in [7, 11) is 0. The maximum Gasteiger partial charge on any atom is 0.251 e. The highest BCUT2D eigenvalue weighted by Gasteiger charge is 2.24. The highest BCUT2D eigenvalue weighted by molar-refractivity contribution is 7.18. The van der Waals surface area contributed by atoms with E-state index in [0.717, 1.165) is 23.5 Å². The predicted octanol–water partition coefficient (Wildman–Crippen LogP) is 3.60. The molecule has 4 N–H and O–H groups in total. The van der Waals surface area contributed by atoms with Crippen molar-refractivity contribution in [2.75, 3.05) is 17.6 Å². The summed E-state index contributed by atoms with van der Waals surface area (Å²) in [6.45, 7) is 1.06. The van der Waals surface area contributed by atoms with Gasteiger partial charge in [-0.1, -0.05) is 17.4 Å². The van der Waals surface area contributed by atoms with E-state index >= 15 is 0 Å². The Hall–Kier alpha value is -4.12. The second-order valence-corrected chi connectivity index (χ2v) is 7.92. The fraction of sp³-hybridized carbons (Fsp3) is 0.0909. The van der Waals surface area contributed by atoms with Crippen LogP contribution < -0.4 is 16.4 Å². The van der Waals surface area contributed by atoms with Crippen LogP contribution in [0.15, 0.2) is 61.2 Å². The lowest BCUT2D eigenvalue weighted by Gasteiger charge is -2.07. The van der Waals surface area contributed by atoms with Gasteiger partial charge in [0.05, 0.1) is 11.9 Å². The summed E-state index contributed by atoms with van der Waals surface area (Å²) in [5, 5.41) is 6.06. The lowest BCUT2D eigenvalue weighted by Crippen LogP contribution is -2.26. The molecule has 2 aromatic heterocycles. The van der Waals surface area contributed by atoms with E-state index < -0.39 is 23.0 Å². The van der Waals surface area contributed by atoms with Gasteiger partial charge in [0, 0.05) is 36.7 Å². The molecule has 2 heterocycles. The molecule has 0 saturated heterocycles. The van der Waals surface area contributed by atoms with Crippen LogP contribution in [-0.2, 0) is 6.54 Å². The molecule has 33 heavy (non-hydrogen) atoms. The largest absolute Gasteiger partial charge is 0.382 e. The third kappa shape index (κ3) is 5.04.